The number of hydrogen-bond donors (Lipinski definition) is 0. The van der Waals surface area contributed by atoms with Crippen LogP contribution in [0.1, 0.15) is 95.1 Å². The molecule has 0 amide bonds. The molecule has 0 atom stereocenters. The first kappa shape index (κ1) is 29.1. The van der Waals surface area contributed by atoms with Gasteiger partial charge in [-0.1, -0.05) is 99.7 Å². The number of hydrogen-bond acceptors (Lipinski definition) is 0. The standard InChI is InChI=1S/C35H40F4/c1-3-5-6-7-8-9-11-28-20-21-29(33(37)32(28)36)26-16-18-27(19-17-26)31-23-22-30(34(38)35(31)39)25-14-12-24(10-4-2)13-15-25/h4,10,16-25H,3,5-9,11-15H2,1-2H3/b10-4+. The molecule has 0 aliphatic heterocycles. The minimum atomic E-state index is -0.864. The van der Waals surface area contributed by atoms with Crippen LogP contribution in [0.4, 0.5) is 17.6 Å². The van der Waals surface area contributed by atoms with E-state index in [1.54, 1.807) is 48.5 Å². The summed E-state index contributed by atoms with van der Waals surface area (Å²) in [6.45, 7) is 4.18. The molecule has 1 fully saturated rings. The zero-order chi connectivity index (χ0) is 27.8. The maximum absolute atomic E-state index is 15.2. The molecule has 208 valence electrons. The zero-order valence-electron chi connectivity index (χ0n) is 23.2. The van der Waals surface area contributed by atoms with Gasteiger partial charge in [-0.05, 0) is 79.5 Å². The van der Waals surface area contributed by atoms with Gasteiger partial charge in [-0.15, -0.1) is 0 Å². The Kier molecular flexibility index (Phi) is 10.4. The lowest BCUT2D eigenvalue weighted by molar-refractivity contribution is 0.364. The van der Waals surface area contributed by atoms with E-state index in [0.717, 1.165) is 44.9 Å². The van der Waals surface area contributed by atoms with Crippen molar-refractivity contribution in [2.45, 2.75) is 90.4 Å². The number of rotatable bonds is 11. The fourth-order valence-corrected chi connectivity index (χ4v) is 5.93. The van der Waals surface area contributed by atoms with E-state index in [-0.39, 0.29) is 17.0 Å². The Morgan fingerprint density at radius 3 is 1.82 bits per heavy atom. The van der Waals surface area contributed by atoms with Crippen molar-refractivity contribution in [3.05, 3.63) is 95.1 Å². The van der Waals surface area contributed by atoms with Crippen LogP contribution < -0.4 is 0 Å². The van der Waals surface area contributed by atoms with Crippen molar-refractivity contribution >= 4 is 0 Å². The van der Waals surface area contributed by atoms with E-state index in [0.29, 0.717) is 34.6 Å². The molecule has 1 aliphatic rings. The minimum absolute atomic E-state index is 0.0272. The number of benzene rings is 3. The van der Waals surface area contributed by atoms with Crippen LogP contribution in [0.5, 0.6) is 0 Å². The highest BCUT2D eigenvalue weighted by molar-refractivity contribution is 5.71. The van der Waals surface area contributed by atoms with Crippen LogP contribution in [0.3, 0.4) is 0 Å². The fourth-order valence-electron chi connectivity index (χ4n) is 5.93. The van der Waals surface area contributed by atoms with Crippen molar-refractivity contribution < 1.29 is 17.6 Å². The van der Waals surface area contributed by atoms with Crippen molar-refractivity contribution in [1.29, 1.82) is 0 Å². The zero-order valence-corrected chi connectivity index (χ0v) is 23.2. The fraction of sp³-hybridized carbons (Fsp3) is 0.429. The van der Waals surface area contributed by atoms with E-state index in [4.69, 9.17) is 0 Å². The van der Waals surface area contributed by atoms with E-state index in [2.05, 4.69) is 19.1 Å². The average Bonchev–Trinajstić information content (AvgIpc) is 2.95. The third kappa shape index (κ3) is 7.01. The Morgan fingerprint density at radius 2 is 1.21 bits per heavy atom. The van der Waals surface area contributed by atoms with Gasteiger partial charge >= 0.3 is 0 Å². The van der Waals surface area contributed by atoms with Crippen LogP contribution in [-0.4, -0.2) is 0 Å². The highest BCUT2D eigenvalue weighted by Gasteiger charge is 2.26. The van der Waals surface area contributed by atoms with Gasteiger partial charge in [0.1, 0.15) is 0 Å². The molecule has 0 N–H and O–H groups in total. The van der Waals surface area contributed by atoms with Crippen LogP contribution in [0.2, 0.25) is 0 Å². The van der Waals surface area contributed by atoms with Crippen LogP contribution in [0.15, 0.2) is 60.7 Å². The van der Waals surface area contributed by atoms with Gasteiger partial charge in [0.15, 0.2) is 23.3 Å². The van der Waals surface area contributed by atoms with E-state index in [1.165, 1.54) is 19.3 Å². The maximum Gasteiger partial charge on any atom is 0.166 e. The summed E-state index contributed by atoms with van der Waals surface area (Å²) in [5.41, 5.74) is 2.19. The second-order valence-electron chi connectivity index (χ2n) is 11.0. The number of aryl methyl sites for hydroxylation is 1. The molecule has 0 radical (unpaired) electrons. The Balaban J connectivity index is 1.45. The summed E-state index contributed by atoms with van der Waals surface area (Å²) in [7, 11) is 0. The highest BCUT2D eigenvalue weighted by atomic mass is 19.2. The van der Waals surface area contributed by atoms with Gasteiger partial charge in [0.25, 0.3) is 0 Å². The molecule has 1 aliphatic carbocycles. The van der Waals surface area contributed by atoms with Crippen LogP contribution in [0.25, 0.3) is 22.3 Å². The normalized spacial score (nSPS) is 17.7. The molecular weight excluding hydrogens is 496 g/mol. The molecule has 0 aromatic heterocycles. The quantitative estimate of drug-likeness (QED) is 0.130. The van der Waals surface area contributed by atoms with E-state index in [1.807, 2.05) is 6.92 Å². The maximum atomic E-state index is 15.2. The van der Waals surface area contributed by atoms with Crippen LogP contribution in [0, 0.1) is 29.2 Å². The second-order valence-corrected chi connectivity index (χ2v) is 11.0. The lowest BCUT2D eigenvalue weighted by Crippen LogP contribution is -2.13. The summed E-state index contributed by atoms with van der Waals surface area (Å²) in [6, 6.07) is 13.2. The molecule has 3 aromatic rings. The summed E-state index contributed by atoms with van der Waals surface area (Å²) < 4.78 is 60.1. The molecule has 0 nitrogen and oxygen atoms in total. The first-order valence-electron chi connectivity index (χ1n) is 14.6. The van der Waals surface area contributed by atoms with Crippen molar-refractivity contribution in [2.24, 2.45) is 5.92 Å². The Labute approximate surface area is 231 Å². The lowest BCUT2D eigenvalue weighted by Gasteiger charge is -2.27. The van der Waals surface area contributed by atoms with Crippen molar-refractivity contribution in [3.63, 3.8) is 0 Å². The molecule has 0 spiro atoms. The van der Waals surface area contributed by atoms with Crippen LogP contribution in [-0.2, 0) is 6.42 Å². The summed E-state index contributed by atoms with van der Waals surface area (Å²) in [5.74, 6) is -2.75. The minimum Gasteiger partial charge on any atom is -0.203 e. The summed E-state index contributed by atoms with van der Waals surface area (Å²) >= 11 is 0. The molecule has 0 saturated heterocycles. The first-order valence-corrected chi connectivity index (χ1v) is 14.6. The molecule has 0 heterocycles. The van der Waals surface area contributed by atoms with Gasteiger partial charge in [-0.25, -0.2) is 17.6 Å². The van der Waals surface area contributed by atoms with E-state index in [9.17, 15) is 8.78 Å². The van der Waals surface area contributed by atoms with Crippen molar-refractivity contribution in [1.82, 2.24) is 0 Å². The molecule has 3 aromatic carbocycles. The predicted octanol–water partition coefficient (Wildman–Crippen LogP) is 11.3. The first-order chi connectivity index (χ1) is 18.9. The van der Waals surface area contributed by atoms with E-state index < -0.39 is 23.3 Å². The second kappa shape index (κ2) is 14.0. The third-order valence-electron chi connectivity index (χ3n) is 8.26. The van der Waals surface area contributed by atoms with Gasteiger partial charge in [0, 0.05) is 11.1 Å². The van der Waals surface area contributed by atoms with Gasteiger partial charge in [0.05, 0.1) is 0 Å². The number of halogens is 4. The summed E-state index contributed by atoms with van der Waals surface area (Å²) in [4.78, 5) is 0. The monoisotopic (exact) mass is 536 g/mol. The van der Waals surface area contributed by atoms with Gasteiger partial charge < -0.3 is 0 Å². The molecule has 0 unspecified atom stereocenters. The average molecular weight is 537 g/mol. The molecule has 1 saturated carbocycles. The molecule has 4 heteroatoms. The summed E-state index contributed by atoms with van der Waals surface area (Å²) in [5, 5.41) is 0. The SMILES string of the molecule is C/C=C/C1CCC(c2ccc(-c3ccc(-c4ccc(CCCCCCCC)c(F)c4F)cc3)c(F)c2F)CC1. The highest BCUT2D eigenvalue weighted by Crippen LogP contribution is 2.39. The molecule has 0 bridgehead atoms. The topological polar surface area (TPSA) is 0 Å². The van der Waals surface area contributed by atoms with Crippen LogP contribution >= 0.6 is 0 Å². The van der Waals surface area contributed by atoms with Gasteiger partial charge in [-0.2, -0.15) is 0 Å². The largest absolute Gasteiger partial charge is 0.203 e. The lowest BCUT2D eigenvalue weighted by atomic mass is 9.78. The predicted molar refractivity (Wildman–Crippen MR) is 154 cm³/mol. The van der Waals surface area contributed by atoms with E-state index >= 15 is 8.78 Å². The Bertz CT molecular complexity index is 1250. The smallest absolute Gasteiger partial charge is 0.166 e. The number of unbranched alkanes of at least 4 members (excludes halogenated alkanes) is 5. The van der Waals surface area contributed by atoms with Crippen molar-refractivity contribution in [2.75, 3.05) is 0 Å². The molecule has 4 rings (SSSR count). The Morgan fingerprint density at radius 1 is 0.641 bits per heavy atom. The van der Waals surface area contributed by atoms with Gasteiger partial charge in [0.2, 0.25) is 0 Å². The Hall–Kier alpha value is -2.88. The molecular formula is C35H40F4. The molecule has 39 heavy (non-hydrogen) atoms. The van der Waals surface area contributed by atoms with Gasteiger partial charge in [-0.3, -0.25) is 0 Å². The third-order valence-corrected chi connectivity index (χ3v) is 8.26. The van der Waals surface area contributed by atoms with Crippen molar-refractivity contribution in [3.8, 4) is 22.3 Å². The number of allylic oxidation sites excluding steroid dienone is 2. The summed E-state index contributed by atoms with van der Waals surface area (Å²) in [6.07, 6.45) is 15.0.